The zero-order chi connectivity index (χ0) is 14.4. The average molecular weight is 344 g/mol. The van der Waals surface area contributed by atoms with Gasteiger partial charge in [0.05, 0.1) is 4.83 Å². The molecular weight excluding hydrogens is 314 g/mol. The van der Waals surface area contributed by atoms with Crippen LogP contribution in [0.15, 0.2) is 0 Å². The highest BCUT2D eigenvalue weighted by molar-refractivity contribution is 9.10. The second-order valence-electron chi connectivity index (χ2n) is 6.59. The van der Waals surface area contributed by atoms with E-state index in [9.17, 15) is 4.79 Å². The van der Waals surface area contributed by atoms with E-state index in [-0.39, 0.29) is 4.83 Å². The molecule has 0 heterocycles. The molecule has 1 amide bonds. The molecule has 0 N–H and O–H groups in total. The molecule has 2 fully saturated rings. The lowest BCUT2D eigenvalue weighted by molar-refractivity contribution is -0.137. The monoisotopic (exact) mass is 343 g/mol. The largest absolute Gasteiger partial charge is 0.336 e. The Morgan fingerprint density at radius 2 is 1.45 bits per heavy atom. The predicted octanol–water partition coefficient (Wildman–Crippen LogP) is 5.04. The second-order valence-corrected chi connectivity index (χ2v) is 7.69. The molecule has 116 valence electrons. The number of rotatable bonds is 5. The fourth-order valence-corrected chi connectivity index (χ4v) is 4.61. The van der Waals surface area contributed by atoms with Gasteiger partial charge in [0.25, 0.3) is 0 Å². The summed E-state index contributed by atoms with van der Waals surface area (Å²) in [5.74, 6) is 0.380. The molecule has 2 saturated carbocycles. The van der Waals surface area contributed by atoms with E-state index in [0.717, 1.165) is 12.8 Å². The number of hydrogen-bond donors (Lipinski definition) is 0. The Bertz CT molecular complexity index is 277. The fraction of sp³-hybridized carbons (Fsp3) is 0.941. The lowest BCUT2D eigenvalue weighted by atomic mass is 9.88. The maximum Gasteiger partial charge on any atom is 0.236 e. The van der Waals surface area contributed by atoms with Crippen LogP contribution < -0.4 is 0 Å². The first-order valence-electron chi connectivity index (χ1n) is 8.70. The van der Waals surface area contributed by atoms with Crippen molar-refractivity contribution in [3.05, 3.63) is 0 Å². The van der Waals surface area contributed by atoms with Crippen LogP contribution >= 0.6 is 15.9 Å². The number of nitrogens with zero attached hydrogens (tertiary/aromatic N) is 1. The van der Waals surface area contributed by atoms with Gasteiger partial charge in [-0.05, 0) is 32.1 Å². The normalized spacial score (nSPS) is 23.5. The minimum Gasteiger partial charge on any atom is -0.336 e. The molecular formula is C17H30BrNO. The standard InChI is InChI=1S/C17H30BrNO/c1-2-9-16(18)17(20)19(14-10-5-3-6-11-14)15-12-7-4-8-13-15/h14-16H,2-13H2,1H3. The van der Waals surface area contributed by atoms with E-state index in [4.69, 9.17) is 0 Å². The highest BCUT2D eigenvalue weighted by Crippen LogP contribution is 2.31. The zero-order valence-electron chi connectivity index (χ0n) is 13.0. The molecule has 0 aromatic rings. The Balaban J connectivity index is 2.07. The van der Waals surface area contributed by atoms with E-state index in [1.54, 1.807) is 0 Å². The summed E-state index contributed by atoms with van der Waals surface area (Å²) in [6.07, 6.45) is 14.9. The summed E-state index contributed by atoms with van der Waals surface area (Å²) < 4.78 is 0. The molecule has 2 aliphatic carbocycles. The Morgan fingerprint density at radius 1 is 1.00 bits per heavy atom. The molecule has 3 heteroatoms. The number of alkyl halides is 1. The molecule has 0 aliphatic heterocycles. The van der Waals surface area contributed by atoms with Crippen molar-refractivity contribution in [3.8, 4) is 0 Å². The average Bonchev–Trinajstić information content (AvgIpc) is 2.50. The predicted molar refractivity (Wildman–Crippen MR) is 88.2 cm³/mol. The third-order valence-electron chi connectivity index (χ3n) is 5.00. The van der Waals surface area contributed by atoms with Gasteiger partial charge in [-0.2, -0.15) is 0 Å². The summed E-state index contributed by atoms with van der Waals surface area (Å²) in [5.41, 5.74) is 0. The van der Waals surface area contributed by atoms with Crippen LogP contribution in [-0.2, 0) is 4.79 Å². The van der Waals surface area contributed by atoms with Crippen LogP contribution in [0.2, 0.25) is 0 Å². The van der Waals surface area contributed by atoms with Crippen LogP contribution in [-0.4, -0.2) is 27.7 Å². The number of carbonyl (C=O) groups is 1. The maximum absolute atomic E-state index is 12.9. The molecule has 1 unspecified atom stereocenters. The smallest absolute Gasteiger partial charge is 0.236 e. The van der Waals surface area contributed by atoms with Gasteiger partial charge >= 0.3 is 0 Å². The third-order valence-corrected chi connectivity index (χ3v) is 5.85. The van der Waals surface area contributed by atoms with Crippen LogP contribution in [0.3, 0.4) is 0 Å². The van der Waals surface area contributed by atoms with Crippen molar-refractivity contribution in [1.82, 2.24) is 4.90 Å². The van der Waals surface area contributed by atoms with E-state index in [1.165, 1.54) is 64.2 Å². The first kappa shape index (κ1) is 16.3. The van der Waals surface area contributed by atoms with Crippen molar-refractivity contribution in [2.24, 2.45) is 0 Å². The van der Waals surface area contributed by atoms with Crippen molar-refractivity contribution in [1.29, 1.82) is 0 Å². The van der Waals surface area contributed by atoms with Gasteiger partial charge in [-0.1, -0.05) is 67.8 Å². The molecule has 2 nitrogen and oxygen atoms in total. The Kier molecular flexibility index (Phi) is 6.86. The molecule has 0 spiro atoms. The van der Waals surface area contributed by atoms with Crippen molar-refractivity contribution in [2.75, 3.05) is 0 Å². The zero-order valence-corrected chi connectivity index (χ0v) is 14.5. The highest BCUT2D eigenvalue weighted by atomic mass is 79.9. The summed E-state index contributed by atoms with van der Waals surface area (Å²) in [6.45, 7) is 2.16. The highest BCUT2D eigenvalue weighted by Gasteiger charge is 2.34. The molecule has 0 aromatic heterocycles. The van der Waals surface area contributed by atoms with Gasteiger partial charge in [-0.15, -0.1) is 0 Å². The first-order chi connectivity index (χ1) is 9.74. The summed E-state index contributed by atoms with van der Waals surface area (Å²) in [7, 11) is 0. The minimum atomic E-state index is 0.0383. The molecule has 20 heavy (non-hydrogen) atoms. The van der Waals surface area contributed by atoms with Gasteiger partial charge in [0, 0.05) is 12.1 Å². The van der Waals surface area contributed by atoms with Gasteiger partial charge in [0.15, 0.2) is 0 Å². The van der Waals surface area contributed by atoms with E-state index in [0.29, 0.717) is 18.0 Å². The lowest BCUT2D eigenvalue weighted by Gasteiger charge is -2.42. The van der Waals surface area contributed by atoms with Gasteiger partial charge in [0.1, 0.15) is 0 Å². The fourth-order valence-electron chi connectivity index (χ4n) is 3.92. The van der Waals surface area contributed by atoms with Crippen LogP contribution in [0.4, 0.5) is 0 Å². The Morgan fingerprint density at radius 3 is 1.85 bits per heavy atom. The molecule has 2 rings (SSSR count). The summed E-state index contributed by atoms with van der Waals surface area (Å²) in [4.78, 5) is 15.3. The number of halogens is 1. The molecule has 1 atom stereocenters. The number of hydrogen-bond acceptors (Lipinski definition) is 1. The molecule has 0 aromatic carbocycles. The molecule has 0 bridgehead atoms. The van der Waals surface area contributed by atoms with Crippen LogP contribution in [0, 0.1) is 0 Å². The SMILES string of the molecule is CCCC(Br)C(=O)N(C1CCCCC1)C1CCCCC1. The number of amides is 1. The summed E-state index contributed by atoms with van der Waals surface area (Å²) >= 11 is 3.65. The quantitative estimate of drug-likeness (QED) is 0.640. The lowest BCUT2D eigenvalue weighted by Crippen LogP contribution is -2.51. The molecule has 2 aliphatic rings. The van der Waals surface area contributed by atoms with Gasteiger partial charge < -0.3 is 4.90 Å². The van der Waals surface area contributed by atoms with Crippen molar-refractivity contribution in [3.63, 3.8) is 0 Å². The third kappa shape index (κ3) is 4.22. The van der Waals surface area contributed by atoms with Gasteiger partial charge in [0.2, 0.25) is 5.91 Å². The van der Waals surface area contributed by atoms with Crippen molar-refractivity contribution >= 4 is 21.8 Å². The van der Waals surface area contributed by atoms with Crippen molar-refractivity contribution in [2.45, 2.75) is 101 Å². The summed E-state index contributed by atoms with van der Waals surface area (Å²) in [6, 6.07) is 1.05. The van der Waals surface area contributed by atoms with Crippen LogP contribution in [0.25, 0.3) is 0 Å². The molecule has 0 saturated heterocycles. The van der Waals surface area contributed by atoms with E-state index in [1.807, 2.05) is 0 Å². The second kappa shape index (κ2) is 8.41. The Hall–Kier alpha value is -0.0500. The minimum absolute atomic E-state index is 0.0383. The maximum atomic E-state index is 12.9. The Labute approximate surface area is 132 Å². The first-order valence-corrected chi connectivity index (χ1v) is 9.62. The van der Waals surface area contributed by atoms with Gasteiger partial charge in [-0.25, -0.2) is 0 Å². The molecule has 0 radical (unpaired) electrons. The van der Waals surface area contributed by atoms with Gasteiger partial charge in [-0.3, -0.25) is 4.79 Å². The summed E-state index contributed by atoms with van der Waals surface area (Å²) in [5, 5.41) is 0. The van der Waals surface area contributed by atoms with Crippen LogP contribution in [0.1, 0.15) is 84.0 Å². The topological polar surface area (TPSA) is 20.3 Å². The van der Waals surface area contributed by atoms with E-state index < -0.39 is 0 Å². The van der Waals surface area contributed by atoms with E-state index in [2.05, 4.69) is 27.8 Å². The number of carbonyl (C=O) groups excluding carboxylic acids is 1. The van der Waals surface area contributed by atoms with Crippen LogP contribution in [0.5, 0.6) is 0 Å². The van der Waals surface area contributed by atoms with E-state index >= 15 is 0 Å². The van der Waals surface area contributed by atoms with Crippen molar-refractivity contribution < 1.29 is 4.79 Å².